The summed E-state index contributed by atoms with van der Waals surface area (Å²) >= 11 is 0. The number of nitrogens with zero attached hydrogens (tertiary/aromatic N) is 2. The summed E-state index contributed by atoms with van der Waals surface area (Å²) in [6.07, 6.45) is 2.96. The van der Waals surface area contributed by atoms with Crippen molar-refractivity contribution in [3.8, 4) is 6.07 Å². The highest BCUT2D eigenvalue weighted by atomic mass is 16.5. The Morgan fingerprint density at radius 2 is 2.16 bits per heavy atom. The van der Waals surface area contributed by atoms with Crippen LogP contribution in [-0.4, -0.2) is 25.2 Å². The third-order valence-corrected chi connectivity index (χ3v) is 3.39. The maximum atomic E-state index is 12.0. The van der Waals surface area contributed by atoms with Gasteiger partial charge in [-0.3, -0.25) is 0 Å². The zero-order valence-corrected chi connectivity index (χ0v) is 11.1. The van der Waals surface area contributed by atoms with Crippen molar-refractivity contribution in [2.75, 3.05) is 18.1 Å². The van der Waals surface area contributed by atoms with Crippen molar-refractivity contribution in [1.29, 1.82) is 5.26 Å². The number of rotatable bonds is 3. The van der Waals surface area contributed by atoms with E-state index < -0.39 is 0 Å². The van der Waals surface area contributed by atoms with Crippen molar-refractivity contribution < 1.29 is 9.53 Å². The van der Waals surface area contributed by atoms with Gasteiger partial charge in [0.25, 0.3) is 0 Å². The SMILES string of the molecule is CCOC(=O)C1CCCCN1c1ccc(C#N)cc1. The fraction of sp³-hybridized carbons (Fsp3) is 0.467. The lowest BCUT2D eigenvalue weighted by molar-refractivity contribution is -0.145. The molecule has 0 radical (unpaired) electrons. The molecule has 19 heavy (non-hydrogen) atoms. The van der Waals surface area contributed by atoms with E-state index in [0.717, 1.165) is 31.5 Å². The molecule has 0 aliphatic carbocycles. The molecule has 0 bridgehead atoms. The second kappa shape index (κ2) is 6.24. The Morgan fingerprint density at radius 1 is 1.42 bits per heavy atom. The van der Waals surface area contributed by atoms with Crippen molar-refractivity contribution in [2.24, 2.45) is 0 Å². The van der Waals surface area contributed by atoms with E-state index in [1.807, 2.05) is 19.1 Å². The van der Waals surface area contributed by atoms with E-state index in [9.17, 15) is 4.79 Å². The summed E-state index contributed by atoms with van der Waals surface area (Å²) in [6, 6.07) is 9.27. The minimum absolute atomic E-state index is 0.147. The molecule has 1 heterocycles. The predicted octanol–water partition coefficient (Wildman–Crippen LogP) is 2.48. The van der Waals surface area contributed by atoms with Crippen LogP contribution in [0.25, 0.3) is 0 Å². The lowest BCUT2D eigenvalue weighted by Gasteiger charge is -2.35. The first-order chi connectivity index (χ1) is 9.26. The van der Waals surface area contributed by atoms with E-state index in [1.165, 1.54) is 0 Å². The monoisotopic (exact) mass is 258 g/mol. The number of hydrogen-bond acceptors (Lipinski definition) is 4. The van der Waals surface area contributed by atoms with E-state index in [0.29, 0.717) is 12.2 Å². The normalized spacial score (nSPS) is 18.7. The largest absolute Gasteiger partial charge is 0.464 e. The lowest BCUT2D eigenvalue weighted by Crippen LogP contribution is -2.45. The van der Waals surface area contributed by atoms with Gasteiger partial charge in [0.1, 0.15) is 6.04 Å². The Labute approximate surface area is 113 Å². The molecule has 1 unspecified atom stereocenters. The number of hydrogen-bond donors (Lipinski definition) is 0. The van der Waals surface area contributed by atoms with Gasteiger partial charge in [0, 0.05) is 12.2 Å². The van der Waals surface area contributed by atoms with Crippen LogP contribution in [0.1, 0.15) is 31.7 Å². The average Bonchev–Trinajstić information content (AvgIpc) is 2.47. The molecule has 0 spiro atoms. The average molecular weight is 258 g/mol. The third-order valence-electron chi connectivity index (χ3n) is 3.39. The maximum absolute atomic E-state index is 12.0. The van der Waals surface area contributed by atoms with E-state index in [4.69, 9.17) is 10.00 Å². The zero-order valence-electron chi connectivity index (χ0n) is 11.1. The Kier molecular flexibility index (Phi) is 4.40. The van der Waals surface area contributed by atoms with Gasteiger partial charge in [0.05, 0.1) is 18.2 Å². The fourth-order valence-corrected chi connectivity index (χ4v) is 2.45. The smallest absolute Gasteiger partial charge is 0.328 e. The second-order valence-electron chi connectivity index (χ2n) is 4.62. The minimum atomic E-state index is -0.193. The van der Waals surface area contributed by atoms with Crippen molar-refractivity contribution in [2.45, 2.75) is 32.2 Å². The van der Waals surface area contributed by atoms with Crippen LogP contribution in [0.3, 0.4) is 0 Å². The summed E-state index contributed by atoms with van der Waals surface area (Å²) in [5.41, 5.74) is 1.62. The number of benzene rings is 1. The van der Waals surface area contributed by atoms with Crippen LogP contribution in [0.2, 0.25) is 0 Å². The minimum Gasteiger partial charge on any atom is -0.464 e. The number of esters is 1. The molecule has 0 aromatic heterocycles. The summed E-state index contributed by atoms with van der Waals surface area (Å²) < 4.78 is 5.15. The number of carbonyl (C=O) groups excluding carboxylic acids is 1. The van der Waals surface area contributed by atoms with Gasteiger partial charge in [-0.25, -0.2) is 4.79 Å². The van der Waals surface area contributed by atoms with Gasteiger partial charge in [0.2, 0.25) is 0 Å². The van der Waals surface area contributed by atoms with Crippen LogP contribution < -0.4 is 4.90 Å². The number of nitriles is 1. The number of carbonyl (C=O) groups is 1. The van der Waals surface area contributed by atoms with E-state index in [2.05, 4.69) is 11.0 Å². The van der Waals surface area contributed by atoms with Crippen molar-refractivity contribution in [1.82, 2.24) is 0 Å². The molecule has 0 amide bonds. The molecule has 1 aromatic carbocycles. The molecule has 1 aromatic rings. The summed E-state index contributed by atoms with van der Waals surface area (Å²) in [7, 11) is 0. The zero-order chi connectivity index (χ0) is 13.7. The quantitative estimate of drug-likeness (QED) is 0.782. The third kappa shape index (κ3) is 3.05. The standard InChI is InChI=1S/C15H18N2O2/c1-2-19-15(18)14-5-3-4-10-17(14)13-8-6-12(11-16)7-9-13/h6-9,14H,2-5,10H2,1H3. The van der Waals surface area contributed by atoms with Gasteiger partial charge in [-0.15, -0.1) is 0 Å². The molecule has 1 fully saturated rings. The Hall–Kier alpha value is -2.02. The molecule has 0 N–H and O–H groups in total. The number of ether oxygens (including phenoxy) is 1. The van der Waals surface area contributed by atoms with Gasteiger partial charge in [-0.05, 0) is 50.5 Å². The topological polar surface area (TPSA) is 53.3 Å². The van der Waals surface area contributed by atoms with E-state index >= 15 is 0 Å². The van der Waals surface area contributed by atoms with Gasteiger partial charge in [0.15, 0.2) is 0 Å². The molecular weight excluding hydrogens is 240 g/mol. The van der Waals surface area contributed by atoms with Crippen molar-refractivity contribution in [3.05, 3.63) is 29.8 Å². The molecule has 100 valence electrons. The Bertz CT molecular complexity index is 476. The highest BCUT2D eigenvalue weighted by Crippen LogP contribution is 2.25. The molecule has 2 rings (SSSR count). The molecular formula is C15H18N2O2. The molecule has 1 atom stereocenters. The predicted molar refractivity (Wildman–Crippen MR) is 72.8 cm³/mol. The highest BCUT2D eigenvalue weighted by molar-refractivity contribution is 5.80. The molecule has 4 nitrogen and oxygen atoms in total. The lowest BCUT2D eigenvalue weighted by atomic mass is 10.0. The molecule has 1 aliphatic heterocycles. The summed E-state index contributed by atoms with van der Waals surface area (Å²) in [5.74, 6) is -0.147. The highest BCUT2D eigenvalue weighted by Gasteiger charge is 2.29. The van der Waals surface area contributed by atoms with Crippen molar-refractivity contribution >= 4 is 11.7 Å². The number of piperidine rings is 1. The first-order valence-electron chi connectivity index (χ1n) is 6.69. The van der Waals surface area contributed by atoms with Crippen LogP contribution >= 0.6 is 0 Å². The molecule has 4 heteroatoms. The van der Waals surface area contributed by atoms with Gasteiger partial charge in [-0.2, -0.15) is 5.26 Å². The first kappa shape index (κ1) is 13.4. The molecule has 0 saturated carbocycles. The van der Waals surface area contributed by atoms with Crippen LogP contribution in [0.4, 0.5) is 5.69 Å². The van der Waals surface area contributed by atoms with Gasteiger partial charge < -0.3 is 9.64 Å². The first-order valence-corrected chi connectivity index (χ1v) is 6.69. The molecule has 1 aliphatic rings. The van der Waals surface area contributed by atoms with Crippen molar-refractivity contribution in [3.63, 3.8) is 0 Å². The maximum Gasteiger partial charge on any atom is 0.328 e. The Balaban J connectivity index is 2.18. The summed E-state index contributed by atoms with van der Waals surface area (Å²) in [4.78, 5) is 14.1. The van der Waals surface area contributed by atoms with E-state index in [-0.39, 0.29) is 12.0 Å². The van der Waals surface area contributed by atoms with Crippen LogP contribution in [-0.2, 0) is 9.53 Å². The molecule has 1 saturated heterocycles. The number of anilines is 1. The Morgan fingerprint density at radius 3 is 2.79 bits per heavy atom. The van der Waals surface area contributed by atoms with Gasteiger partial charge in [-0.1, -0.05) is 0 Å². The van der Waals surface area contributed by atoms with E-state index in [1.54, 1.807) is 12.1 Å². The summed E-state index contributed by atoms with van der Waals surface area (Å²) in [5, 5.41) is 8.81. The van der Waals surface area contributed by atoms with Gasteiger partial charge >= 0.3 is 5.97 Å². The van der Waals surface area contributed by atoms with Crippen LogP contribution in [0, 0.1) is 11.3 Å². The van der Waals surface area contributed by atoms with Crippen LogP contribution in [0.15, 0.2) is 24.3 Å². The fourth-order valence-electron chi connectivity index (χ4n) is 2.45. The second-order valence-corrected chi connectivity index (χ2v) is 4.62. The van der Waals surface area contributed by atoms with Crippen LogP contribution in [0.5, 0.6) is 0 Å². The summed E-state index contributed by atoms with van der Waals surface area (Å²) in [6.45, 7) is 3.10.